The molecule has 4 nitrogen and oxygen atoms in total. The Hall–Kier alpha value is -2.79. The second-order valence-corrected chi connectivity index (χ2v) is 6.06. The average molecular weight is 319 g/mol. The quantitative estimate of drug-likeness (QED) is 0.580. The first-order valence-corrected chi connectivity index (χ1v) is 8.13. The summed E-state index contributed by atoms with van der Waals surface area (Å²) in [4.78, 5) is 21.5. The monoisotopic (exact) mass is 319 g/mol. The maximum Gasteiger partial charge on any atom is 0.261 e. The first kappa shape index (κ1) is 13.8. The first-order valence-electron chi connectivity index (χ1n) is 7.25. The summed E-state index contributed by atoms with van der Waals surface area (Å²) in [6.45, 7) is 0.431. The van der Waals surface area contributed by atoms with Gasteiger partial charge in [0.2, 0.25) is 0 Å². The van der Waals surface area contributed by atoms with Crippen molar-refractivity contribution in [3.8, 4) is 10.6 Å². The van der Waals surface area contributed by atoms with E-state index in [0.717, 1.165) is 21.8 Å². The molecule has 0 N–H and O–H groups in total. The number of benzene rings is 2. The third kappa shape index (κ3) is 2.66. The van der Waals surface area contributed by atoms with Crippen molar-refractivity contribution >= 4 is 22.2 Å². The number of rotatable bonds is 3. The van der Waals surface area contributed by atoms with E-state index in [4.69, 9.17) is 0 Å². The van der Waals surface area contributed by atoms with Crippen LogP contribution in [-0.4, -0.2) is 14.5 Å². The molecule has 0 saturated heterocycles. The van der Waals surface area contributed by atoms with Crippen LogP contribution < -0.4 is 5.56 Å². The Morgan fingerprint density at radius 2 is 1.78 bits per heavy atom. The van der Waals surface area contributed by atoms with Gasteiger partial charge in [-0.2, -0.15) is 0 Å². The molecule has 0 atom stereocenters. The summed E-state index contributed by atoms with van der Waals surface area (Å²) in [5.41, 5.74) is 2.64. The lowest BCUT2D eigenvalue weighted by atomic mass is 10.2. The van der Waals surface area contributed by atoms with Gasteiger partial charge in [0.25, 0.3) is 5.56 Å². The fourth-order valence-electron chi connectivity index (χ4n) is 2.49. The lowest BCUT2D eigenvalue weighted by molar-refractivity contribution is 0.734. The van der Waals surface area contributed by atoms with Gasteiger partial charge < -0.3 is 0 Å². The number of aromatic nitrogens is 3. The summed E-state index contributed by atoms with van der Waals surface area (Å²) in [6.07, 6.45) is 1.59. The van der Waals surface area contributed by atoms with Gasteiger partial charge in [-0.3, -0.25) is 9.36 Å². The molecule has 0 bridgehead atoms. The van der Waals surface area contributed by atoms with Gasteiger partial charge in [0.15, 0.2) is 0 Å². The third-order valence-electron chi connectivity index (χ3n) is 3.64. The Morgan fingerprint density at radius 3 is 2.65 bits per heavy atom. The molecule has 4 aromatic rings. The van der Waals surface area contributed by atoms with Gasteiger partial charge in [-0.05, 0) is 12.1 Å². The number of hydrogen-bond donors (Lipinski definition) is 0. The molecule has 0 fully saturated rings. The molecule has 4 rings (SSSR count). The van der Waals surface area contributed by atoms with Crippen LogP contribution in [0, 0.1) is 0 Å². The van der Waals surface area contributed by atoms with E-state index < -0.39 is 0 Å². The minimum atomic E-state index is -0.0372. The first-order chi connectivity index (χ1) is 11.3. The number of hydrogen-bond acceptors (Lipinski definition) is 4. The van der Waals surface area contributed by atoms with E-state index >= 15 is 0 Å². The third-order valence-corrected chi connectivity index (χ3v) is 4.58. The maximum absolute atomic E-state index is 12.5. The topological polar surface area (TPSA) is 47.8 Å². The summed E-state index contributed by atoms with van der Waals surface area (Å²) in [7, 11) is 0. The minimum absolute atomic E-state index is 0.0372. The zero-order valence-corrected chi connectivity index (χ0v) is 13.0. The van der Waals surface area contributed by atoms with Gasteiger partial charge in [-0.1, -0.05) is 42.5 Å². The molecule has 112 valence electrons. The molecule has 2 aromatic heterocycles. The van der Waals surface area contributed by atoms with Gasteiger partial charge in [-0.15, -0.1) is 11.3 Å². The van der Waals surface area contributed by atoms with E-state index in [0.29, 0.717) is 11.9 Å². The highest BCUT2D eigenvalue weighted by atomic mass is 32.1. The van der Waals surface area contributed by atoms with Crippen LogP contribution in [0.2, 0.25) is 0 Å². The van der Waals surface area contributed by atoms with Gasteiger partial charge in [0.1, 0.15) is 5.01 Å². The molecule has 0 unspecified atom stereocenters. The fourth-order valence-corrected chi connectivity index (χ4v) is 3.30. The highest BCUT2D eigenvalue weighted by molar-refractivity contribution is 7.13. The van der Waals surface area contributed by atoms with E-state index in [1.165, 1.54) is 0 Å². The second kappa shape index (κ2) is 5.78. The van der Waals surface area contributed by atoms with Crippen molar-refractivity contribution in [1.82, 2.24) is 14.5 Å². The Bertz CT molecular complexity index is 1020. The van der Waals surface area contributed by atoms with Crippen LogP contribution in [0.1, 0.15) is 5.69 Å². The molecular formula is C18H13N3OS. The number of thiazole rings is 1. The van der Waals surface area contributed by atoms with Gasteiger partial charge >= 0.3 is 0 Å². The molecular weight excluding hydrogens is 306 g/mol. The van der Waals surface area contributed by atoms with Crippen LogP contribution in [-0.2, 0) is 6.54 Å². The van der Waals surface area contributed by atoms with Crippen molar-refractivity contribution in [2.75, 3.05) is 0 Å². The van der Waals surface area contributed by atoms with Crippen molar-refractivity contribution in [1.29, 1.82) is 0 Å². The van der Waals surface area contributed by atoms with Crippen LogP contribution in [0.25, 0.3) is 21.5 Å². The summed E-state index contributed by atoms with van der Waals surface area (Å²) in [5, 5.41) is 3.58. The molecule has 0 aliphatic rings. The summed E-state index contributed by atoms with van der Waals surface area (Å²) < 4.78 is 1.60. The zero-order chi connectivity index (χ0) is 15.6. The summed E-state index contributed by atoms with van der Waals surface area (Å²) in [5.74, 6) is 0. The summed E-state index contributed by atoms with van der Waals surface area (Å²) >= 11 is 1.58. The minimum Gasteiger partial charge on any atom is -0.293 e. The number of nitrogens with zero attached hydrogens (tertiary/aromatic N) is 3. The predicted octanol–water partition coefficient (Wildman–Crippen LogP) is 3.57. The molecule has 2 heterocycles. The second-order valence-electron chi connectivity index (χ2n) is 5.20. The van der Waals surface area contributed by atoms with Crippen molar-refractivity contribution in [2.24, 2.45) is 0 Å². The van der Waals surface area contributed by atoms with Crippen LogP contribution in [0.4, 0.5) is 0 Å². The van der Waals surface area contributed by atoms with Crippen LogP contribution in [0.5, 0.6) is 0 Å². The van der Waals surface area contributed by atoms with Gasteiger partial charge in [0, 0.05) is 10.9 Å². The van der Waals surface area contributed by atoms with Crippen LogP contribution >= 0.6 is 11.3 Å². The Kier molecular flexibility index (Phi) is 3.48. The van der Waals surface area contributed by atoms with Crippen molar-refractivity contribution in [2.45, 2.75) is 6.54 Å². The zero-order valence-electron chi connectivity index (χ0n) is 12.2. The van der Waals surface area contributed by atoms with E-state index in [9.17, 15) is 4.79 Å². The highest BCUT2D eigenvalue weighted by Crippen LogP contribution is 2.23. The number of para-hydroxylation sites is 1. The average Bonchev–Trinajstić information content (AvgIpc) is 3.07. The molecule has 0 amide bonds. The highest BCUT2D eigenvalue weighted by Gasteiger charge is 2.08. The van der Waals surface area contributed by atoms with Crippen molar-refractivity contribution < 1.29 is 0 Å². The Labute approximate surface area is 136 Å². The Balaban J connectivity index is 1.68. The molecule has 0 aliphatic carbocycles. The largest absolute Gasteiger partial charge is 0.293 e. The smallest absolute Gasteiger partial charge is 0.261 e. The van der Waals surface area contributed by atoms with Gasteiger partial charge in [-0.25, -0.2) is 9.97 Å². The Morgan fingerprint density at radius 1 is 1.00 bits per heavy atom. The lowest BCUT2D eigenvalue weighted by Gasteiger charge is -2.04. The molecule has 5 heteroatoms. The van der Waals surface area contributed by atoms with Crippen LogP contribution in [0.3, 0.4) is 0 Å². The van der Waals surface area contributed by atoms with E-state index in [-0.39, 0.29) is 5.56 Å². The maximum atomic E-state index is 12.5. The van der Waals surface area contributed by atoms with Crippen LogP contribution in [0.15, 0.2) is 71.1 Å². The van der Waals surface area contributed by atoms with Crippen molar-refractivity contribution in [3.05, 3.63) is 82.4 Å². The molecule has 2 aromatic carbocycles. The SMILES string of the molecule is O=c1c2ccccc2ncn1Cc1csc(-c2ccccc2)n1. The van der Waals surface area contributed by atoms with E-state index in [1.807, 2.05) is 53.9 Å². The molecule has 0 aliphatic heterocycles. The normalized spacial score (nSPS) is 11.0. The van der Waals surface area contributed by atoms with E-state index in [2.05, 4.69) is 9.97 Å². The van der Waals surface area contributed by atoms with Gasteiger partial charge in [0.05, 0.1) is 29.5 Å². The molecule has 0 radical (unpaired) electrons. The van der Waals surface area contributed by atoms with Crippen molar-refractivity contribution in [3.63, 3.8) is 0 Å². The molecule has 23 heavy (non-hydrogen) atoms. The summed E-state index contributed by atoms with van der Waals surface area (Å²) in [6, 6.07) is 17.4. The lowest BCUT2D eigenvalue weighted by Crippen LogP contribution is -2.21. The predicted molar refractivity (Wildman–Crippen MR) is 92.7 cm³/mol. The van der Waals surface area contributed by atoms with E-state index in [1.54, 1.807) is 28.3 Å². The fraction of sp³-hybridized carbons (Fsp3) is 0.0556. The molecule has 0 spiro atoms. The molecule has 0 saturated carbocycles. The number of fused-ring (bicyclic) bond motifs is 1. The standard InChI is InChI=1S/C18H13N3OS/c22-18-15-8-4-5-9-16(15)19-12-21(18)10-14-11-23-17(20-14)13-6-2-1-3-7-13/h1-9,11-12H,10H2.